The number of thiazole rings is 1. The highest BCUT2D eigenvalue weighted by Crippen LogP contribution is 2.26. The van der Waals surface area contributed by atoms with E-state index < -0.39 is 4.92 Å². The minimum Gasteiger partial charge on any atom is -0.399 e. The van der Waals surface area contributed by atoms with Crippen molar-refractivity contribution in [3.63, 3.8) is 0 Å². The van der Waals surface area contributed by atoms with Crippen LogP contribution in [0.5, 0.6) is 0 Å². The van der Waals surface area contributed by atoms with Gasteiger partial charge in [0, 0.05) is 5.38 Å². The molecule has 0 N–H and O–H groups in total. The van der Waals surface area contributed by atoms with E-state index in [1.807, 2.05) is 6.92 Å². The van der Waals surface area contributed by atoms with Gasteiger partial charge in [-0.2, -0.15) is 0 Å². The molecule has 0 bridgehead atoms. The Labute approximate surface area is 83.2 Å². The summed E-state index contributed by atoms with van der Waals surface area (Å²) in [7, 11) is 0. The number of nitro groups is 1. The molecule has 0 saturated heterocycles. The zero-order chi connectivity index (χ0) is 10.1. The second kappa shape index (κ2) is 3.22. The van der Waals surface area contributed by atoms with Crippen LogP contribution in [-0.4, -0.2) is 9.91 Å². The Morgan fingerprint density at radius 2 is 2.36 bits per heavy atom. The largest absolute Gasteiger partial charge is 0.433 e. The summed E-state index contributed by atoms with van der Waals surface area (Å²) in [5.74, 6) is 0.173. The van der Waals surface area contributed by atoms with Gasteiger partial charge < -0.3 is 4.42 Å². The van der Waals surface area contributed by atoms with Gasteiger partial charge in [0.1, 0.15) is 10.6 Å². The molecule has 2 rings (SSSR count). The molecule has 0 amide bonds. The molecule has 0 atom stereocenters. The van der Waals surface area contributed by atoms with Crippen molar-refractivity contribution in [3.05, 3.63) is 32.6 Å². The van der Waals surface area contributed by atoms with Crippen LogP contribution in [0.1, 0.15) is 5.01 Å². The zero-order valence-electron chi connectivity index (χ0n) is 7.26. The van der Waals surface area contributed by atoms with Crippen molar-refractivity contribution in [2.75, 3.05) is 0 Å². The van der Waals surface area contributed by atoms with Gasteiger partial charge in [-0.15, -0.1) is 11.3 Å². The van der Waals surface area contributed by atoms with Gasteiger partial charge in [-0.25, -0.2) is 4.98 Å². The third-order valence-electron chi connectivity index (χ3n) is 1.64. The summed E-state index contributed by atoms with van der Waals surface area (Å²) in [5, 5.41) is 13.1. The summed E-state index contributed by atoms with van der Waals surface area (Å²) in [6, 6.07) is 2.87. The molecule has 0 aliphatic rings. The van der Waals surface area contributed by atoms with Crippen LogP contribution in [0.15, 0.2) is 21.9 Å². The molecule has 72 valence electrons. The van der Waals surface area contributed by atoms with Gasteiger partial charge in [-0.05, 0) is 13.0 Å². The van der Waals surface area contributed by atoms with E-state index in [0.29, 0.717) is 11.5 Å². The van der Waals surface area contributed by atoms with E-state index in [1.165, 1.54) is 17.4 Å². The number of furan rings is 1. The highest BCUT2D eigenvalue weighted by atomic mass is 32.1. The number of aromatic nitrogens is 1. The van der Waals surface area contributed by atoms with Gasteiger partial charge in [0.2, 0.25) is 0 Å². The Hall–Kier alpha value is -1.69. The topological polar surface area (TPSA) is 69.2 Å². The first-order chi connectivity index (χ1) is 6.66. The van der Waals surface area contributed by atoms with Crippen LogP contribution in [0, 0.1) is 17.0 Å². The van der Waals surface area contributed by atoms with Gasteiger partial charge in [0.15, 0.2) is 5.76 Å². The van der Waals surface area contributed by atoms with Gasteiger partial charge in [-0.3, -0.25) is 10.1 Å². The molecule has 0 saturated carbocycles. The van der Waals surface area contributed by atoms with E-state index >= 15 is 0 Å². The fourth-order valence-electron chi connectivity index (χ4n) is 1.04. The first-order valence-corrected chi connectivity index (χ1v) is 4.71. The van der Waals surface area contributed by atoms with E-state index in [4.69, 9.17) is 4.42 Å². The fraction of sp³-hybridized carbons (Fsp3) is 0.125. The maximum absolute atomic E-state index is 10.3. The molecule has 5 nitrogen and oxygen atoms in total. The molecule has 0 unspecified atom stereocenters. The van der Waals surface area contributed by atoms with Gasteiger partial charge in [0.25, 0.3) is 0 Å². The lowest BCUT2D eigenvalue weighted by Crippen LogP contribution is -1.82. The van der Waals surface area contributed by atoms with Crippen LogP contribution in [0.25, 0.3) is 11.5 Å². The number of rotatable bonds is 2. The Bertz CT molecular complexity index is 474. The molecule has 0 aliphatic carbocycles. The van der Waals surface area contributed by atoms with E-state index in [-0.39, 0.29) is 5.88 Å². The van der Waals surface area contributed by atoms with E-state index in [1.54, 1.807) is 11.4 Å². The smallest absolute Gasteiger partial charge is 0.399 e. The second-order valence-corrected chi connectivity index (χ2v) is 3.71. The van der Waals surface area contributed by atoms with Crippen LogP contribution in [-0.2, 0) is 0 Å². The summed E-state index contributed by atoms with van der Waals surface area (Å²) in [5.41, 5.74) is 0.639. The van der Waals surface area contributed by atoms with Crippen molar-refractivity contribution in [1.82, 2.24) is 4.98 Å². The van der Waals surface area contributed by atoms with Crippen LogP contribution in [0.4, 0.5) is 5.88 Å². The first-order valence-electron chi connectivity index (χ1n) is 3.83. The van der Waals surface area contributed by atoms with Crippen LogP contribution >= 0.6 is 11.3 Å². The summed E-state index contributed by atoms with van der Waals surface area (Å²) in [4.78, 5) is 13.9. The highest BCUT2D eigenvalue weighted by molar-refractivity contribution is 7.09. The minimum absolute atomic E-state index is 0.259. The quantitative estimate of drug-likeness (QED) is 0.564. The molecular weight excluding hydrogens is 204 g/mol. The minimum atomic E-state index is -0.567. The Balaban J connectivity index is 2.38. The van der Waals surface area contributed by atoms with Crippen molar-refractivity contribution >= 4 is 17.2 Å². The van der Waals surface area contributed by atoms with Gasteiger partial charge >= 0.3 is 5.88 Å². The molecule has 6 heteroatoms. The second-order valence-electron chi connectivity index (χ2n) is 2.65. The summed E-state index contributed by atoms with van der Waals surface area (Å²) in [6.45, 7) is 1.87. The van der Waals surface area contributed by atoms with Crippen LogP contribution in [0.3, 0.4) is 0 Å². The molecule has 0 fully saturated rings. The Morgan fingerprint density at radius 3 is 2.86 bits per heavy atom. The summed E-state index contributed by atoms with van der Waals surface area (Å²) >= 11 is 1.48. The molecule has 0 radical (unpaired) electrons. The van der Waals surface area contributed by atoms with E-state index in [0.717, 1.165) is 5.01 Å². The molecule has 2 aromatic heterocycles. The monoisotopic (exact) mass is 210 g/mol. The predicted molar refractivity (Wildman–Crippen MR) is 51.2 cm³/mol. The maximum atomic E-state index is 10.3. The predicted octanol–water partition coefficient (Wildman–Crippen LogP) is 2.62. The average molecular weight is 210 g/mol. The van der Waals surface area contributed by atoms with E-state index in [9.17, 15) is 10.1 Å². The lowest BCUT2D eigenvalue weighted by atomic mass is 10.4. The molecule has 0 aliphatic heterocycles. The van der Waals surface area contributed by atoms with Crippen molar-refractivity contribution in [1.29, 1.82) is 0 Å². The summed E-state index contributed by atoms with van der Waals surface area (Å²) in [6.07, 6.45) is 0. The SMILES string of the molecule is Cc1nc(-c2ccc([N+](=O)[O-])o2)cs1. The lowest BCUT2D eigenvalue weighted by molar-refractivity contribution is -0.401. The van der Waals surface area contributed by atoms with Gasteiger partial charge in [-0.1, -0.05) is 0 Å². The van der Waals surface area contributed by atoms with Crippen molar-refractivity contribution in [2.45, 2.75) is 6.92 Å². The lowest BCUT2D eigenvalue weighted by Gasteiger charge is -1.86. The third kappa shape index (κ3) is 1.51. The van der Waals surface area contributed by atoms with E-state index in [2.05, 4.69) is 4.98 Å². The first kappa shape index (κ1) is 8.89. The van der Waals surface area contributed by atoms with Crippen LogP contribution in [0.2, 0.25) is 0 Å². The Kier molecular flexibility index (Phi) is 2.05. The van der Waals surface area contributed by atoms with Crippen molar-refractivity contribution in [3.8, 4) is 11.5 Å². The molecule has 14 heavy (non-hydrogen) atoms. The summed E-state index contributed by atoms with van der Waals surface area (Å²) < 4.78 is 4.99. The van der Waals surface area contributed by atoms with Crippen molar-refractivity contribution < 1.29 is 9.34 Å². The number of nitrogens with zero attached hydrogens (tertiary/aromatic N) is 2. The van der Waals surface area contributed by atoms with Gasteiger partial charge in [0.05, 0.1) is 11.1 Å². The maximum Gasteiger partial charge on any atom is 0.433 e. The third-order valence-corrected chi connectivity index (χ3v) is 2.42. The number of hydrogen-bond donors (Lipinski definition) is 0. The molecule has 2 aromatic rings. The average Bonchev–Trinajstić information content (AvgIpc) is 2.70. The zero-order valence-corrected chi connectivity index (χ0v) is 8.08. The molecule has 0 spiro atoms. The Morgan fingerprint density at radius 1 is 1.57 bits per heavy atom. The fourth-order valence-corrected chi connectivity index (χ4v) is 1.64. The molecule has 0 aromatic carbocycles. The molecule has 2 heterocycles. The molecular formula is C8H6N2O3S. The number of hydrogen-bond acceptors (Lipinski definition) is 5. The standard InChI is InChI=1S/C8H6N2O3S/c1-5-9-6(4-14-5)7-2-3-8(13-7)10(11)12/h2-4H,1H3. The van der Waals surface area contributed by atoms with Crippen molar-refractivity contribution in [2.24, 2.45) is 0 Å². The highest BCUT2D eigenvalue weighted by Gasteiger charge is 2.14. The normalized spacial score (nSPS) is 10.4. The van der Waals surface area contributed by atoms with Crippen LogP contribution < -0.4 is 0 Å². The number of aryl methyl sites for hydroxylation is 1.